The quantitative estimate of drug-likeness (QED) is 0.829. The fraction of sp³-hybridized carbons (Fsp3) is 0.333. The summed E-state index contributed by atoms with van der Waals surface area (Å²) >= 11 is 3.52. The molecule has 1 aliphatic carbocycles. The van der Waals surface area contributed by atoms with Crippen molar-refractivity contribution in [3.63, 3.8) is 0 Å². The fourth-order valence-corrected chi connectivity index (χ4v) is 3.32. The molecule has 21 heavy (non-hydrogen) atoms. The second-order valence-electron chi connectivity index (χ2n) is 5.80. The van der Waals surface area contributed by atoms with Crippen molar-refractivity contribution in [3.8, 4) is 5.75 Å². The summed E-state index contributed by atoms with van der Waals surface area (Å²) in [4.78, 5) is 0. The van der Waals surface area contributed by atoms with Gasteiger partial charge in [0.1, 0.15) is 5.75 Å². The van der Waals surface area contributed by atoms with E-state index in [4.69, 9.17) is 4.74 Å². The number of methoxy groups -OCH3 is 1. The molecule has 0 atom stereocenters. The zero-order valence-electron chi connectivity index (χ0n) is 12.4. The third kappa shape index (κ3) is 3.41. The highest BCUT2D eigenvalue weighted by Gasteiger charge is 2.30. The standard InChI is InChI=1S/C18H20BrNO/c1-12-3-5-13(6-4-12)14-7-16(8-14)20-17-9-15(19)10-18(11-17)21-2/h3-6,9-11,14,16,20H,7-8H2,1-2H3. The molecule has 1 saturated carbocycles. The molecule has 0 heterocycles. The first-order valence-corrected chi connectivity index (χ1v) is 8.11. The lowest BCUT2D eigenvalue weighted by Gasteiger charge is -2.37. The first kappa shape index (κ1) is 14.5. The molecule has 1 fully saturated rings. The molecule has 0 radical (unpaired) electrons. The summed E-state index contributed by atoms with van der Waals surface area (Å²) in [6.45, 7) is 2.13. The largest absolute Gasteiger partial charge is 0.497 e. The van der Waals surface area contributed by atoms with Crippen molar-refractivity contribution in [3.05, 3.63) is 58.1 Å². The number of aryl methyl sites for hydroxylation is 1. The molecule has 3 rings (SSSR count). The lowest BCUT2D eigenvalue weighted by Crippen LogP contribution is -2.33. The van der Waals surface area contributed by atoms with Gasteiger partial charge in [-0.2, -0.15) is 0 Å². The van der Waals surface area contributed by atoms with Gasteiger partial charge in [-0.3, -0.25) is 0 Å². The molecule has 0 saturated heterocycles. The molecule has 0 aliphatic heterocycles. The maximum atomic E-state index is 5.30. The van der Waals surface area contributed by atoms with Gasteiger partial charge in [0.25, 0.3) is 0 Å². The van der Waals surface area contributed by atoms with Crippen LogP contribution in [0.4, 0.5) is 5.69 Å². The summed E-state index contributed by atoms with van der Waals surface area (Å²) in [6.07, 6.45) is 2.38. The third-order valence-electron chi connectivity index (χ3n) is 4.16. The zero-order valence-corrected chi connectivity index (χ0v) is 14.0. The summed E-state index contributed by atoms with van der Waals surface area (Å²) < 4.78 is 6.34. The van der Waals surface area contributed by atoms with Crippen LogP contribution in [0.1, 0.15) is 29.9 Å². The summed E-state index contributed by atoms with van der Waals surface area (Å²) in [6, 6.07) is 15.6. The normalized spacial score (nSPS) is 20.7. The van der Waals surface area contributed by atoms with Gasteiger partial charge < -0.3 is 10.1 Å². The predicted octanol–water partition coefficient (Wildman–Crippen LogP) is 5.12. The van der Waals surface area contributed by atoms with E-state index in [1.54, 1.807) is 7.11 Å². The fourth-order valence-electron chi connectivity index (χ4n) is 2.85. The van der Waals surface area contributed by atoms with Crippen LogP contribution in [0, 0.1) is 6.92 Å². The molecule has 0 bridgehead atoms. The second kappa shape index (κ2) is 6.10. The van der Waals surface area contributed by atoms with E-state index in [2.05, 4.69) is 58.5 Å². The predicted molar refractivity (Wildman–Crippen MR) is 91.3 cm³/mol. The third-order valence-corrected chi connectivity index (χ3v) is 4.62. The first-order chi connectivity index (χ1) is 10.1. The van der Waals surface area contributed by atoms with Gasteiger partial charge in [0, 0.05) is 22.3 Å². The smallest absolute Gasteiger partial charge is 0.122 e. The minimum Gasteiger partial charge on any atom is -0.497 e. The van der Waals surface area contributed by atoms with E-state index in [0.717, 1.165) is 15.9 Å². The van der Waals surface area contributed by atoms with Crippen molar-refractivity contribution in [2.45, 2.75) is 31.7 Å². The molecule has 0 aromatic heterocycles. The van der Waals surface area contributed by atoms with E-state index < -0.39 is 0 Å². The number of halogens is 1. The Bertz CT molecular complexity index is 618. The Labute approximate surface area is 134 Å². The summed E-state index contributed by atoms with van der Waals surface area (Å²) in [5.74, 6) is 1.57. The summed E-state index contributed by atoms with van der Waals surface area (Å²) in [5, 5.41) is 3.60. The Kier molecular flexibility index (Phi) is 4.20. The number of hydrogen-bond donors (Lipinski definition) is 1. The van der Waals surface area contributed by atoms with Crippen molar-refractivity contribution in [1.29, 1.82) is 0 Å². The van der Waals surface area contributed by atoms with Crippen molar-refractivity contribution >= 4 is 21.6 Å². The molecule has 3 heteroatoms. The molecule has 0 spiro atoms. The topological polar surface area (TPSA) is 21.3 Å². The molecule has 1 aliphatic rings. The highest BCUT2D eigenvalue weighted by Crippen LogP contribution is 2.39. The van der Waals surface area contributed by atoms with Gasteiger partial charge in [0.05, 0.1) is 7.11 Å². The first-order valence-electron chi connectivity index (χ1n) is 7.32. The van der Waals surface area contributed by atoms with Crippen LogP contribution in [0.25, 0.3) is 0 Å². The van der Waals surface area contributed by atoms with Crippen LogP contribution < -0.4 is 10.1 Å². The molecule has 0 amide bonds. The van der Waals surface area contributed by atoms with E-state index >= 15 is 0 Å². The Hall–Kier alpha value is -1.48. The molecule has 2 aromatic rings. The zero-order chi connectivity index (χ0) is 14.8. The Morgan fingerprint density at radius 2 is 1.81 bits per heavy atom. The molecule has 0 unspecified atom stereocenters. The van der Waals surface area contributed by atoms with Crippen LogP contribution in [-0.4, -0.2) is 13.2 Å². The maximum absolute atomic E-state index is 5.30. The van der Waals surface area contributed by atoms with Crippen LogP contribution in [0.2, 0.25) is 0 Å². The minimum atomic E-state index is 0.551. The SMILES string of the molecule is COc1cc(Br)cc(NC2CC(c3ccc(C)cc3)C2)c1. The number of hydrogen-bond acceptors (Lipinski definition) is 2. The van der Waals surface area contributed by atoms with Crippen LogP contribution >= 0.6 is 15.9 Å². The number of benzene rings is 2. The van der Waals surface area contributed by atoms with Gasteiger partial charge in [-0.15, -0.1) is 0 Å². The Morgan fingerprint density at radius 1 is 1.10 bits per heavy atom. The van der Waals surface area contributed by atoms with Gasteiger partial charge in [-0.1, -0.05) is 45.8 Å². The molecular weight excluding hydrogens is 326 g/mol. The highest BCUT2D eigenvalue weighted by atomic mass is 79.9. The van der Waals surface area contributed by atoms with Gasteiger partial charge in [-0.25, -0.2) is 0 Å². The minimum absolute atomic E-state index is 0.551. The van der Waals surface area contributed by atoms with Crippen molar-refractivity contribution < 1.29 is 4.74 Å². The molecule has 2 aromatic carbocycles. The van der Waals surface area contributed by atoms with Gasteiger partial charge in [0.2, 0.25) is 0 Å². The summed E-state index contributed by atoms with van der Waals surface area (Å²) in [5.41, 5.74) is 3.91. The lowest BCUT2D eigenvalue weighted by molar-refractivity contribution is 0.373. The molecule has 110 valence electrons. The van der Waals surface area contributed by atoms with E-state index in [1.807, 2.05) is 12.1 Å². The monoisotopic (exact) mass is 345 g/mol. The van der Waals surface area contributed by atoms with Crippen molar-refractivity contribution in [2.75, 3.05) is 12.4 Å². The van der Waals surface area contributed by atoms with E-state index in [9.17, 15) is 0 Å². The van der Waals surface area contributed by atoms with Crippen molar-refractivity contribution in [2.24, 2.45) is 0 Å². The van der Waals surface area contributed by atoms with Gasteiger partial charge in [0.15, 0.2) is 0 Å². The van der Waals surface area contributed by atoms with Crippen LogP contribution in [0.5, 0.6) is 5.75 Å². The molecule has 1 N–H and O–H groups in total. The number of rotatable bonds is 4. The van der Waals surface area contributed by atoms with Crippen LogP contribution in [0.3, 0.4) is 0 Å². The molecular formula is C18H20BrNO. The van der Waals surface area contributed by atoms with Crippen molar-refractivity contribution in [1.82, 2.24) is 0 Å². The maximum Gasteiger partial charge on any atom is 0.122 e. The average molecular weight is 346 g/mol. The van der Waals surface area contributed by atoms with E-state index in [0.29, 0.717) is 12.0 Å². The van der Waals surface area contributed by atoms with Gasteiger partial charge in [-0.05, 0) is 43.4 Å². The van der Waals surface area contributed by atoms with Gasteiger partial charge >= 0.3 is 0 Å². The second-order valence-corrected chi connectivity index (χ2v) is 6.72. The van der Waals surface area contributed by atoms with E-state index in [1.165, 1.54) is 24.0 Å². The Morgan fingerprint density at radius 3 is 2.48 bits per heavy atom. The molecule has 2 nitrogen and oxygen atoms in total. The summed E-state index contributed by atoms with van der Waals surface area (Å²) in [7, 11) is 1.70. The highest BCUT2D eigenvalue weighted by molar-refractivity contribution is 9.10. The van der Waals surface area contributed by atoms with Crippen LogP contribution in [0.15, 0.2) is 46.9 Å². The lowest BCUT2D eigenvalue weighted by atomic mass is 9.75. The van der Waals surface area contributed by atoms with Crippen LogP contribution in [-0.2, 0) is 0 Å². The number of ether oxygens (including phenoxy) is 1. The van der Waals surface area contributed by atoms with E-state index in [-0.39, 0.29) is 0 Å². The number of nitrogens with one attached hydrogen (secondary N) is 1. The average Bonchev–Trinajstić information content (AvgIpc) is 2.43. The number of anilines is 1. The Balaban J connectivity index is 1.59.